The van der Waals surface area contributed by atoms with Gasteiger partial charge in [0.2, 0.25) is 0 Å². The molecule has 2 nitrogen and oxygen atoms in total. The van der Waals surface area contributed by atoms with Crippen molar-refractivity contribution < 1.29 is 0 Å². The monoisotopic (exact) mass is 334 g/mol. The predicted octanol–water partition coefficient (Wildman–Crippen LogP) is 5.26. The summed E-state index contributed by atoms with van der Waals surface area (Å²) in [5.41, 5.74) is 5.60. The zero-order valence-electron chi connectivity index (χ0n) is 15.3. The molecular weight excluding hydrogens is 304 g/mol. The number of hydrogen-bond acceptors (Lipinski definition) is 2. The second kappa shape index (κ2) is 7.95. The molecule has 0 bridgehead atoms. The van der Waals surface area contributed by atoms with E-state index in [0.717, 1.165) is 6.42 Å². The van der Waals surface area contributed by atoms with E-state index in [4.69, 9.17) is 0 Å². The molecule has 2 heteroatoms. The van der Waals surface area contributed by atoms with Gasteiger partial charge in [-0.1, -0.05) is 24.3 Å². The largest absolute Gasteiger partial charge is 0.372 e. The van der Waals surface area contributed by atoms with Crippen molar-refractivity contribution in [2.45, 2.75) is 44.9 Å². The van der Waals surface area contributed by atoms with Crippen molar-refractivity contribution in [1.82, 2.24) is 0 Å². The van der Waals surface area contributed by atoms with Gasteiger partial charge in [0.15, 0.2) is 0 Å². The van der Waals surface area contributed by atoms with Crippen LogP contribution in [-0.4, -0.2) is 26.2 Å². The van der Waals surface area contributed by atoms with E-state index in [-0.39, 0.29) is 0 Å². The van der Waals surface area contributed by atoms with Crippen molar-refractivity contribution in [1.29, 1.82) is 0 Å². The Kier molecular flexibility index (Phi) is 5.25. The van der Waals surface area contributed by atoms with Crippen LogP contribution in [0.15, 0.2) is 48.5 Å². The highest BCUT2D eigenvalue weighted by Crippen LogP contribution is 2.23. The van der Waals surface area contributed by atoms with Crippen molar-refractivity contribution in [3.63, 3.8) is 0 Å². The average molecular weight is 335 g/mol. The number of piperidine rings is 2. The fourth-order valence-electron chi connectivity index (χ4n) is 4.19. The van der Waals surface area contributed by atoms with Crippen molar-refractivity contribution in [3.8, 4) is 0 Å². The summed E-state index contributed by atoms with van der Waals surface area (Å²) in [5, 5.41) is 0. The molecule has 132 valence electrons. The number of anilines is 2. The second-order valence-electron chi connectivity index (χ2n) is 7.61. The summed E-state index contributed by atoms with van der Waals surface area (Å²) in [6, 6.07) is 18.5. The predicted molar refractivity (Wildman–Crippen MR) is 108 cm³/mol. The fraction of sp³-hybridized carbons (Fsp3) is 0.478. The van der Waals surface area contributed by atoms with E-state index < -0.39 is 0 Å². The maximum absolute atomic E-state index is 2.53. The summed E-state index contributed by atoms with van der Waals surface area (Å²) in [7, 11) is 0. The molecule has 0 N–H and O–H groups in total. The molecule has 0 radical (unpaired) electrons. The Labute approximate surface area is 152 Å². The van der Waals surface area contributed by atoms with Gasteiger partial charge in [0.05, 0.1) is 0 Å². The standard InChI is InChI=1S/C23H30N2/c1-3-15-24(16-4-1)22-11-7-20(8-12-22)19-21-9-13-23(14-10-21)25-17-5-2-6-18-25/h7-14H,1-6,15-19H2. The maximum Gasteiger partial charge on any atom is 0.0366 e. The third-order valence-electron chi connectivity index (χ3n) is 5.72. The summed E-state index contributed by atoms with van der Waals surface area (Å²) in [4.78, 5) is 5.06. The Bertz CT molecular complexity index is 588. The van der Waals surface area contributed by atoms with E-state index in [1.807, 2.05) is 0 Å². The van der Waals surface area contributed by atoms with Gasteiger partial charge in [-0.05, 0) is 80.3 Å². The lowest BCUT2D eigenvalue weighted by Gasteiger charge is -2.29. The van der Waals surface area contributed by atoms with Gasteiger partial charge in [0.25, 0.3) is 0 Å². The topological polar surface area (TPSA) is 6.48 Å². The first-order chi connectivity index (χ1) is 12.4. The number of hydrogen-bond donors (Lipinski definition) is 0. The molecule has 2 fully saturated rings. The molecule has 2 aliphatic rings. The van der Waals surface area contributed by atoms with Crippen molar-refractivity contribution in [2.75, 3.05) is 36.0 Å². The molecule has 0 unspecified atom stereocenters. The van der Waals surface area contributed by atoms with Crippen LogP contribution in [0.5, 0.6) is 0 Å². The molecule has 0 spiro atoms. The van der Waals surface area contributed by atoms with E-state index in [1.165, 1.54) is 87.2 Å². The van der Waals surface area contributed by atoms with E-state index in [9.17, 15) is 0 Å². The van der Waals surface area contributed by atoms with Crippen LogP contribution in [0.4, 0.5) is 11.4 Å². The van der Waals surface area contributed by atoms with Crippen molar-refractivity contribution in [2.24, 2.45) is 0 Å². The first-order valence-electron chi connectivity index (χ1n) is 10.1. The van der Waals surface area contributed by atoms with Gasteiger partial charge in [-0.15, -0.1) is 0 Å². The minimum atomic E-state index is 1.03. The molecule has 2 heterocycles. The van der Waals surface area contributed by atoms with Crippen LogP contribution in [-0.2, 0) is 6.42 Å². The molecule has 0 aromatic heterocycles. The van der Waals surface area contributed by atoms with Crippen LogP contribution in [0.1, 0.15) is 49.7 Å². The van der Waals surface area contributed by atoms with Gasteiger partial charge in [-0.2, -0.15) is 0 Å². The third kappa shape index (κ3) is 4.18. The zero-order chi connectivity index (χ0) is 16.9. The smallest absolute Gasteiger partial charge is 0.0366 e. The van der Waals surface area contributed by atoms with Crippen LogP contribution in [0.2, 0.25) is 0 Å². The first kappa shape index (κ1) is 16.5. The van der Waals surface area contributed by atoms with Crippen LogP contribution in [0.25, 0.3) is 0 Å². The molecule has 0 saturated carbocycles. The number of benzene rings is 2. The molecule has 2 saturated heterocycles. The normalized spacial score (nSPS) is 18.4. The Balaban J connectivity index is 1.38. The van der Waals surface area contributed by atoms with E-state index in [0.29, 0.717) is 0 Å². The number of rotatable bonds is 4. The lowest BCUT2D eigenvalue weighted by atomic mass is 10.0. The molecule has 4 rings (SSSR count). The van der Waals surface area contributed by atoms with Crippen LogP contribution in [0.3, 0.4) is 0 Å². The highest BCUT2D eigenvalue weighted by molar-refractivity contribution is 5.50. The minimum absolute atomic E-state index is 1.03. The molecule has 0 atom stereocenters. The lowest BCUT2D eigenvalue weighted by Crippen LogP contribution is -2.29. The summed E-state index contributed by atoms with van der Waals surface area (Å²) >= 11 is 0. The van der Waals surface area contributed by atoms with Gasteiger partial charge in [0, 0.05) is 37.6 Å². The van der Waals surface area contributed by atoms with E-state index >= 15 is 0 Å². The van der Waals surface area contributed by atoms with Gasteiger partial charge in [-0.25, -0.2) is 0 Å². The SMILES string of the molecule is c1cc(N2CCCCC2)ccc1Cc1ccc(N2CCCCC2)cc1. The third-order valence-corrected chi connectivity index (χ3v) is 5.72. The lowest BCUT2D eigenvalue weighted by molar-refractivity contribution is 0.578. The van der Waals surface area contributed by atoms with Gasteiger partial charge >= 0.3 is 0 Å². The zero-order valence-corrected chi connectivity index (χ0v) is 15.3. The van der Waals surface area contributed by atoms with Crippen molar-refractivity contribution in [3.05, 3.63) is 59.7 Å². The fourth-order valence-corrected chi connectivity index (χ4v) is 4.19. The van der Waals surface area contributed by atoms with Crippen LogP contribution >= 0.6 is 0 Å². The molecule has 25 heavy (non-hydrogen) atoms. The van der Waals surface area contributed by atoms with Crippen molar-refractivity contribution >= 4 is 11.4 Å². The van der Waals surface area contributed by atoms with Crippen LogP contribution < -0.4 is 9.80 Å². The maximum atomic E-state index is 2.53. The molecule has 2 aromatic rings. The van der Waals surface area contributed by atoms with Crippen LogP contribution in [0, 0.1) is 0 Å². The molecule has 2 aromatic carbocycles. The average Bonchev–Trinajstić information content (AvgIpc) is 2.71. The Morgan fingerprint density at radius 1 is 0.480 bits per heavy atom. The Morgan fingerprint density at radius 2 is 0.840 bits per heavy atom. The summed E-state index contributed by atoms with van der Waals surface area (Å²) < 4.78 is 0. The van der Waals surface area contributed by atoms with Gasteiger partial charge in [-0.3, -0.25) is 0 Å². The molecule has 2 aliphatic heterocycles. The molecular formula is C23H30N2. The second-order valence-corrected chi connectivity index (χ2v) is 7.61. The van der Waals surface area contributed by atoms with Gasteiger partial charge < -0.3 is 9.80 Å². The summed E-state index contributed by atoms with van der Waals surface area (Å²) in [6.07, 6.45) is 9.16. The van der Waals surface area contributed by atoms with Gasteiger partial charge in [0.1, 0.15) is 0 Å². The Morgan fingerprint density at radius 3 is 1.20 bits per heavy atom. The first-order valence-corrected chi connectivity index (χ1v) is 10.1. The number of nitrogens with zero attached hydrogens (tertiary/aromatic N) is 2. The molecule has 0 aliphatic carbocycles. The summed E-state index contributed by atoms with van der Waals surface area (Å²) in [5.74, 6) is 0. The highest BCUT2D eigenvalue weighted by atomic mass is 15.1. The highest BCUT2D eigenvalue weighted by Gasteiger charge is 2.12. The summed E-state index contributed by atoms with van der Waals surface area (Å²) in [6.45, 7) is 4.88. The molecule has 0 amide bonds. The van der Waals surface area contributed by atoms with E-state index in [2.05, 4.69) is 58.3 Å². The quantitative estimate of drug-likeness (QED) is 0.752. The van der Waals surface area contributed by atoms with E-state index in [1.54, 1.807) is 0 Å². The minimum Gasteiger partial charge on any atom is -0.372 e. The Hall–Kier alpha value is -1.96.